The number of hydrogen-bond acceptors (Lipinski definition) is 1. The highest BCUT2D eigenvalue weighted by molar-refractivity contribution is 5.83. The highest BCUT2D eigenvalue weighted by Crippen LogP contribution is 2.24. The molecule has 2 rings (SSSR count). The summed E-state index contributed by atoms with van der Waals surface area (Å²) in [6.45, 7) is 6.28. The van der Waals surface area contributed by atoms with Crippen molar-refractivity contribution in [3.63, 3.8) is 0 Å². The van der Waals surface area contributed by atoms with Gasteiger partial charge in [0.05, 0.1) is 5.52 Å². The van der Waals surface area contributed by atoms with Gasteiger partial charge in [-0.05, 0) is 49.1 Å². The third-order valence-corrected chi connectivity index (χ3v) is 3.11. The van der Waals surface area contributed by atoms with Crippen LogP contribution in [0.4, 0.5) is 4.39 Å². The maximum atomic E-state index is 13.2. The van der Waals surface area contributed by atoms with E-state index in [1.807, 2.05) is 0 Å². The molecule has 2 aromatic rings. The minimum atomic E-state index is -0.187. The monoisotopic (exact) mass is 217 g/mol. The van der Waals surface area contributed by atoms with E-state index in [1.165, 1.54) is 17.2 Å². The lowest BCUT2D eigenvalue weighted by Crippen LogP contribution is -1.99. The van der Waals surface area contributed by atoms with Gasteiger partial charge in [0, 0.05) is 11.1 Å². The number of aryl methyl sites for hydroxylation is 2. The molecule has 0 spiro atoms. The van der Waals surface area contributed by atoms with Gasteiger partial charge >= 0.3 is 0 Å². The standard InChI is InChI=1S/C14H16FN/c1-4-11-9(3)13(5-2)16-14-7-6-10(15)8-12(11)14/h6-8H,4-5H2,1-3H3. The van der Waals surface area contributed by atoms with Crippen LogP contribution in [0.3, 0.4) is 0 Å². The van der Waals surface area contributed by atoms with Crippen LogP contribution in [0, 0.1) is 12.7 Å². The van der Waals surface area contributed by atoms with Crippen molar-refractivity contribution < 1.29 is 4.39 Å². The summed E-state index contributed by atoms with van der Waals surface area (Å²) in [6.07, 6.45) is 1.84. The van der Waals surface area contributed by atoms with Gasteiger partial charge in [0.2, 0.25) is 0 Å². The fraction of sp³-hybridized carbons (Fsp3) is 0.357. The van der Waals surface area contributed by atoms with Crippen molar-refractivity contribution in [2.75, 3.05) is 0 Å². The summed E-state index contributed by atoms with van der Waals surface area (Å²) in [4.78, 5) is 4.58. The Morgan fingerprint density at radius 3 is 2.56 bits per heavy atom. The summed E-state index contributed by atoms with van der Waals surface area (Å²) in [5, 5.41) is 0.956. The van der Waals surface area contributed by atoms with Gasteiger partial charge in [-0.1, -0.05) is 13.8 Å². The van der Waals surface area contributed by atoms with E-state index in [4.69, 9.17) is 0 Å². The van der Waals surface area contributed by atoms with Gasteiger partial charge in [-0.25, -0.2) is 4.39 Å². The van der Waals surface area contributed by atoms with Gasteiger partial charge < -0.3 is 0 Å². The second-order valence-electron chi connectivity index (χ2n) is 4.03. The summed E-state index contributed by atoms with van der Waals surface area (Å²) >= 11 is 0. The Morgan fingerprint density at radius 2 is 1.94 bits per heavy atom. The van der Waals surface area contributed by atoms with Crippen LogP contribution in [0.15, 0.2) is 18.2 Å². The van der Waals surface area contributed by atoms with Crippen molar-refractivity contribution in [3.8, 4) is 0 Å². The molecule has 1 aromatic carbocycles. The molecule has 16 heavy (non-hydrogen) atoms. The molecular weight excluding hydrogens is 201 g/mol. The molecule has 0 radical (unpaired) electrons. The van der Waals surface area contributed by atoms with Gasteiger partial charge in [0.1, 0.15) is 5.82 Å². The van der Waals surface area contributed by atoms with E-state index in [0.29, 0.717) is 0 Å². The van der Waals surface area contributed by atoms with E-state index >= 15 is 0 Å². The quantitative estimate of drug-likeness (QED) is 0.745. The molecule has 0 fully saturated rings. The molecule has 0 aliphatic rings. The largest absolute Gasteiger partial charge is 0.253 e. The molecule has 1 nitrogen and oxygen atoms in total. The predicted octanol–water partition coefficient (Wildman–Crippen LogP) is 3.81. The lowest BCUT2D eigenvalue weighted by molar-refractivity contribution is 0.629. The minimum absolute atomic E-state index is 0.187. The van der Waals surface area contributed by atoms with Gasteiger partial charge in [-0.15, -0.1) is 0 Å². The van der Waals surface area contributed by atoms with Crippen LogP contribution in [-0.2, 0) is 12.8 Å². The maximum Gasteiger partial charge on any atom is 0.123 e. The molecule has 0 aliphatic carbocycles. The second kappa shape index (κ2) is 4.20. The molecule has 0 saturated heterocycles. The van der Waals surface area contributed by atoms with Crippen molar-refractivity contribution in [2.45, 2.75) is 33.6 Å². The zero-order valence-electron chi connectivity index (χ0n) is 9.97. The zero-order valence-corrected chi connectivity index (χ0v) is 9.97. The number of fused-ring (bicyclic) bond motifs is 1. The number of pyridine rings is 1. The Bertz CT molecular complexity index is 532. The minimum Gasteiger partial charge on any atom is -0.253 e. The smallest absolute Gasteiger partial charge is 0.123 e. The predicted molar refractivity (Wildman–Crippen MR) is 65.2 cm³/mol. The summed E-state index contributed by atoms with van der Waals surface area (Å²) in [5.41, 5.74) is 4.46. The SMILES string of the molecule is CCc1nc2ccc(F)cc2c(CC)c1C. The molecule has 0 saturated carbocycles. The highest BCUT2D eigenvalue weighted by atomic mass is 19.1. The van der Waals surface area contributed by atoms with Gasteiger partial charge in [-0.3, -0.25) is 4.98 Å². The fourth-order valence-electron chi connectivity index (χ4n) is 2.25. The van der Waals surface area contributed by atoms with E-state index < -0.39 is 0 Å². The van der Waals surface area contributed by atoms with Crippen molar-refractivity contribution >= 4 is 10.9 Å². The van der Waals surface area contributed by atoms with Crippen LogP contribution in [0.1, 0.15) is 30.7 Å². The van der Waals surface area contributed by atoms with Crippen LogP contribution in [0.25, 0.3) is 10.9 Å². The Labute approximate surface area is 95.3 Å². The first kappa shape index (κ1) is 11.1. The zero-order chi connectivity index (χ0) is 11.7. The molecule has 2 heteroatoms. The molecule has 1 heterocycles. The number of rotatable bonds is 2. The second-order valence-corrected chi connectivity index (χ2v) is 4.03. The van der Waals surface area contributed by atoms with Gasteiger partial charge in [0.25, 0.3) is 0 Å². The maximum absolute atomic E-state index is 13.2. The van der Waals surface area contributed by atoms with Crippen molar-refractivity contribution in [1.29, 1.82) is 0 Å². The molecular formula is C14H16FN. The molecule has 0 aliphatic heterocycles. The first-order valence-electron chi connectivity index (χ1n) is 5.75. The Hall–Kier alpha value is -1.44. The molecule has 0 atom stereocenters. The van der Waals surface area contributed by atoms with Crippen LogP contribution in [0.5, 0.6) is 0 Å². The molecule has 0 unspecified atom stereocenters. The summed E-state index contributed by atoms with van der Waals surface area (Å²) < 4.78 is 13.2. The van der Waals surface area contributed by atoms with E-state index in [9.17, 15) is 4.39 Å². The lowest BCUT2D eigenvalue weighted by Gasteiger charge is -2.12. The number of halogens is 1. The van der Waals surface area contributed by atoms with Crippen LogP contribution < -0.4 is 0 Å². The summed E-state index contributed by atoms with van der Waals surface area (Å²) in [7, 11) is 0. The van der Waals surface area contributed by atoms with Gasteiger partial charge in [-0.2, -0.15) is 0 Å². The van der Waals surface area contributed by atoms with Crippen LogP contribution in [0.2, 0.25) is 0 Å². The van der Waals surface area contributed by atoms with Crippen LogP contribution >= 0.6 is 0 Å². The first-order valence-corrected chi connectivity index (χ1v) is 5.75. The number of aromatic nitrogens is 1. The third-order valence-electron chi connectivity index (χ3n) is 3.11. The van der Waals surface area contributed by atoms with E-state index in [0.717, 1.165) is 29.4 Å². The Balaban J connectivity index is 2.84. The molecule has 0 amide bonds. The summed E-state index contributed by atoms with van der Waals surface area (Å²) in [6, 6.07) is 4.83. The number of hydrogen-bond donors (Lipinski definition) is 0. The highest BCUT2D eigenvalue weighted by Gasteiger charge is 2.09. The average Bonchev–Trinajstić information content (AvgIpc) is 2.28. The number of benzene rings is 1. The molecule has 0 N–H and O–H groups in total. The van der Waals surface area contributed by atoms with E-state index in [-0.39, 0.29) is 5.82 Å². The molecule has 84 valence electrons. The summed E-state index contributed by atoms with van der Waals surface area (Å²) in [5.74, 6) is -0.187. The lowest BCUT2D eigenvalue weighted by atomic mass is 9.98. The van der Waals surface area contributed by atoms with Crippen molar-refractivity contribution in [3.05, 3.63) is 40.8 Å². The molecule has 1 aromatic heterocycles. The van der Waals surface area contributed by atoms with Gasteiger partial charge in [0.15, 0.2) is 0 Å². The topological polar surface area (TPSA) is 12.9 Å². The average molecular weight is 217 g/mol. The van der Waals surface area contributed by atoms with E-state index in [1.54, 1.807) is 12.1 Å². The first-order chi connectivity index (χ1) is 7.67. The van der Waals surface area contributed by atoms with Crippen molar-refractivity contribution in [2.24, 2.45) is 0 Å². The van der Waals surface area contributed by atoms with Crippen LogP contribution in [-0.4, -0.2) is 4.98 Å². The Morgan fingerprint density at radius 1 is 1.19 bits per heavy atom. The van der Waals surface area contributed by atoms with Crippen molar-refractivity contribution in [1.82, 2.24) is 4.98 Å². The van der Waals surface area contributed by atoms with E-state index in [2.05, 4.69) is 25.8 Å². The number of nitrogens with zero attached hydrogens (tertiary/aromatic N) is 1. The Kier molecular flexibility index (Phi) is 2.90. The third kappa shape index (κ3) is 1.69. The normalized spacial score (nSPS) is 11.0. The fourth-order valence-corrected chi connectivity index (χ4v) is 2.25. The molecule has 0 bridgehead atoms.